The summed E-state index contributed by atoms with van der Waals surface area (Å²) in [4.78, 5) is 60.6. The Hall–Kier alpha value is -3.12. The zero-order valence-corrected chi connectivity index (χ0v) is 19.4. The van der Waals surface area contributed by atoms with Crippen molar-refractivity contribution >= 4 is 42.3 Å². The summed E-state index contributed by atoms with van der Waals surface area (Å²) in [7, 11) is 0. The molecule has 0 radical (unpaired) electrons. The van der Waals surface area contributed by atoms with E-state index < -0.39 is 53.8 Å². The number of carbonyl (C=O) groups excluding carboxylic acids is 3. The van der Waals surface area contributed by atoms with Crippen molar-refractivity contribution in [3.63, 3.8) is 0 Å². The van der Waals surface area contributed by atoms with Crippen molar-refractivity contribution in [3.05, 3.63) is 35.9 Å². The van der Waals surface area contributed by atoms with Crippen LogP contribution in [0.4, 0.5) is 0 Å². The average molecular weight is 495 g/mol. The number of thiol groups is 1. The lowest BCUT2D eigenvalue weighted by Crippen LogP contribution is -2.57. The number of nitrogens with one attached hydrogen (secondary N) is 4. The zero-order chi connectivity index (χ0) is 25.1. The number of carbonyl (C=O) groups is 5. The first-order chi connectivity index (χ1) is 16.2. The van der Waals surface area contributed by atoms with E-state index in [1.165, 1.54) is 0 Å². The van der Waals surface area contributed by atoms with E-state index in [-0.39, 0.29) is 25.0 Å². The maximum absolute atomic E-state index is 12.8. The summed E-state index contributed by atoms with van der Waals surface area (Å²) >= 11 is 4.08. The molecule has 1 aliphatic heterocycles. The molecule has 1 heterocycles. The number of rotatable bonds is 13. The molecule has 0 bridgehead atoms. The van der Waals surface area contributed by atoms with Gasteiger partial charge in [0.15, 0.2) is 0 Å². The van der Waals surface area contributed by atoms with Crippen LogP contribution in [-0.2, 0) is 30.4 Å². The highest BCUT2D eigenvalue weighted by Gasteiger charge is 2.31. The normalized spacial score (nSPS) is 17.7. The van der Waals surface area contributed by atoms with E-state index in [0.29, 0.717) is 18.5 Å². The van der Waals surface area contributed by atoms with Crippen molar-refractivity contribution in [2.24, 2.45) is 0 Å². The van der Waals surface area contributed by atoms with Crippen molar-refractivity contribution in [2.75, 3.05) is 12.3 Å². The van der Waals surface area contributed by atoms with Crippen molar-refractivity contribution in [1.82, 2.24) is 21.3 Å². The predicted octanol–water partition coefficient (Wildman–Crippen LogP) is -0.685. The minimum absolute atomic E-state index is 0.0425. The van der Waals surface area contributed by atoms with Gasteiger partial charge in [-0.15, -0.1) is 0 Å². The maximum atomic E-state index is 12.8. The molecule has 1 fully saturated rings. The van der Waals surface area contributed by atoms with Gasteiger partial charge in [0, 0.05) is 18.6 Å². The summed E-state index contributed by atoms with van der Waals surface area (Å²) in [6, 6.07) is 4.67. The molecule has 6 N–H and O–H groups in total. The number of benzene rings is 1. The van der Waals surface area contributed by atoms with Crippen molar-refractivity contribution in [1.29, 1.82) is 0 Å². The minimum atomic E-state index is -1.24. The molecule has 186 valence electrons. The maximum Gasteiger partial charge on any atom is 0.326 e. The average Bonchev–Trinajstić information content (AvgIpc) is 3.35. The van der Waals surface area contributed by atoms with Crippen LogP contribution in [0.3, 0.4) is 0 Å². The number of hydrogen-bond acceptors (Lipinski definition) is 7. The number of amides is 3. The third-order valence-corrected chi connectivity index (χ3v) is 5.73. The zero-order valence-electron chi connectivity index (χ0n) is 18.5. The smallest absolute Gasteiger partial charge is 0.326 e. The molecule has 1 aromatic carbocycles. The largest absolute Gasteiger partial charge is 0.481 e. The Kier molecular flexibility index (Phi) is 10.8. The van der Waals surface area contributed by atoms with Gasteiger partial charge < -0.3 is 31.5 Å². The first kappa shape index (κ1) is 27.1. The van der Waals surface area contributed by atoms with Crippen LogP contribution in [0.5, 0.6) is 0 Å². The molecule has 11 nitrogen and oxygen atoms in total. The van der Waals surface area contributed by atoms with E-state index in [9.17, 15) is 29.1 Å². The van der Waals surface area contributed by atoms with E-state index in [4.69, 9.17) is 5.11 Å². The first-order valence-electron chi connectivity index (χ1n) is 10.9. The van der Waals surface area contributed by atoms with Crippen LogP contribution in [0.2, 0.25) is 0 Å². The molecule has 4 unspecified atom stereocenters. The van der Waals surface area contributed by atoms with Gasteiger partial charge in [-0.25, -0.2) is 4.79 Å². The Bertz CT molecular complexity index is 877. The number of hydrogen-bond donors (Lipinski definition) is 7. The summed E-state index contributed by atoms with van der Waals surface area (Å²) in [5.74, 6) is -4.45. The molecule has 4 atom stereocenters. The van der Waals surface area contributed by atoms with Gasteiger partial charge in [0.2, 0.25) is 17.7 Å². The molecule has 1 aliphatic rings. The van der Waals surface area contributed by atoms with E-state index in [0.717, 1.165) is 6.42 Å². The Morgan fingerprint density at radius 2 is 1.62 bits per heavy atom. The third-order valence-electron chi connectivity index (χ3n) is 5.37. The Morgan fingerprint density at radius 3 is 2.18 bits per heavy atom. The molecule has 3 amide bonds. The second-order valence-electron chi connectivity index (χ2n) is 7.98. The van der Waals surface area contributed by atoms with Gasteiger partial charge in [-0.3, -0.25) is 19.2 Å². The highest BCUT2D eigenvalue weighted by molar-refractivity contribution is 7.80. The third kappa shape index (κ3) is 8.67. The second-order valence-corrected chi connectivity index (χ2v) is 8.34. The molecular formula is C22H30N4O7S. The Balaban J connectivity index is 2.03. The molecule has 0 aliphatic carbocycles. The van der Waals surface area contributed by atoms with Crippen LogP contribution in [0.25, 0.3) is 0 Å². The summed E-state index contributed by atoms with van der Waals surface area (Å²) < 4.78 is 0. The van der Waals surface area contributed by atoms with Crippen LogP contribution < -0.4 is 21.3 Å². The number of carboxylic acids is 2. The lowest BCUT2D eigenvalue weighted by molar-refractivity contribution is -0.142. The topological polar surface area (TPSA) is 174 Å². The second kappa shape index (κ2) is 13.6. The van der Waals surface area contributed by atoms with Crippen LogP contribution in [0, 0.1) is 0 Å². The quantitative estimate of drug-likeness (QED) is 0.177. The Labute approximate surface area is 202 Å². The highest BCUT2D eigenvalue weighted by atomic mass is 32.1. The van der Waals surface area contributed by atoms with Gasteiger partial charge in [-0.1, -0.05) is 30.3 Å². The molecule has 0 aromatic heterocycles. The summed E-state index contributed by atoms with van der Waals surface area (Å²) in [5, 5.41) is 28.9. The van der Waals surface area contributed by atoms with E-state index >= 15 is 0 Å². The van der Waals surface area contributed by atoms with Gasteiger partial charge in [0.1, 0.15) is 18.1 Å². The van der Waals surface area contributed by atoms with E-state index in [1.54, 1.807) is 30.3 Å². The fourth-order valence-corrected chi connectivity index (χ4v) is 3.76. The molecule has 0 spiro atoms. The monoisotopic (exact) mass is 494 g/mol. The molecule has 12 heteroatoms. The van der Waals surface area contributed by atoms with Crippen LogP contribution >= 0.6 is 12.6 Å². The van der Waals surface area contributed by atoms with Gasteiger partial charge in [-0.05, 0) is 31.4 Å². The predicted molar refractivity (Wildman–Crippen MR) is 125 cm³/mol. The fraction of sp³-hybridized carbons (Fsp3) is 0.500. The number of aliphatic carboxylic acids is 2. The molecule has 34 heavy (non-hydrogen) atoms. The molecule has 1 aromatic rings. The first-order valence-corrected chi connectivity index (χ1v) is 11.6. The van der Waals surface area contributed by atoms with Gasteiger partial charge in [0.25, 0.3) is 0 Å². The van der Waals surface area contributed by atoms with Gasteiger partial charge in [0.05, 0.1) is 6.04 Å². The molecule has 1 saturated heterocycles. The minimum Gasteiger partial charge on any atom is -0.481 e. The summed E-state index contributed by atoms with van der Waals surface area (Å²) in [6.07, 6.45) is 0.901. The summed E-state index contributed by atoms with van der Waals surface area (Å²) in [6.45, 7) is 0.666. The lowest BCUT2D eigenvalue weighted by atomic mass is 10.1. The standard InChI is InChI=1S/C22H30N4O7S/c27-18(28)9-8-15(24-19(29)14-7-4-10-23-14)20(30)26-17(12-34)21(31)25-16(22(32)33)11-13-5-2-1-3-6-13/h1-3,5-6,14-17,23,34H,4,7-12H2,(H,24,29)(H,25,31)(H,26,30)(H,27,28)(H,32,33). The Morgan fingerprint density at radius 1 is 0.971 bits per heavy atom. The van der Waals surface area contributed by atoms with Crippen LogP contribution in [0.15, 0.2) is 30.3 Å². The molecule has 0 saturated carbocycles. The van der Waals surface area contributed by atoms with E-state index in [1.807, 2.05) is 0 Å². The van der Waals surface area contributed by atoms with Crippen molar-refractivity contribution in [3.8, 4) is 0 Å². The summed E-state index contributed by atoms with van der Waals surface area (Å²) in [5.41, 5.74) is 0.707. The lowest BCUT2D eigenvalue weighted by Gasteiger charge is -2.24. The van der Waals surface area contributed by atoms with Crippen molar-refractivity contribution in [2.45, 2.75) is 56.3 Å². The highest BCUT2D eigenvalue weighted by Crippen LogP contribution is 2.08. The van der Waals surface area contributed by atoms with Crippen LogP contribution in [-0.4, -0.2) is 76.3 Å². The van der Waals surface area contributed by atoms with Crippen molar-refractivity contribution < 1.29 is 34.2 Å². The van der Waals surface area contributed by atoms with Crippen LogP contribution in [0.1, 0.15) is 31.2 Å². The fourth-order valence-electron chi connectivity index (χ4n) is 3.51. The van der Waals surface area contributed by atoms with Gasteiger partial charge in [-0.2, -0.15) is 12.6 Å². The SMILES string of the molecule is O=C(O)CCC(NC(=O)C1CCCN1)C(=O)NC(CS)C(=O)NC(Cc1ccccc1)C(=O)O. The van der Waals surface area contributed by atoms with E-state index in [2.05, 4.69) is 33.9 Å². The molecular weight excluding hydrogens is 464 g/mol. The molecule has 2 rings (SSSR count). The van der Waals surface area contributed by atoms with Gasteiger partial charge >= 0.3 is 11.9 Å². The number of carboxylic acid groups (broad SMARTS) is 2.